The summed E-state index contributed by atoms with van der Waals surface area (Å²) in [6.07, 6.45) is 16.8. The van der Waals surface area contributed by atoms with Crippen molar-refractivity contribution in [1.29, 1.82) is 0 Å². The number of hydrogen-bond acceptors (Lipinski definition) is 5. The number of hydroxylamine groups is 2. The van der Waals surface area contributed by atoms with Crippen molar-refractivity contribution >= 4 is 17.8 Å². The van der Waals surface area contributed by atoms with Gasteiger partial charge in [0.05, 0.1) is 6.10 Å². The average Bonchev–Trinajstić information content (AvgIpc) is 2.98. The van der Waals surface area contributed by atoms with Crippen LogP contribution in [0.25, 0.3) is 0 Å². The minimum Gasteiger partial charge on any atom is -0.393 e. The Hall–Kier alpha value is -1.69. The lowest BCUT2D eigenvalue weighted by atomic mass is 10.1. The Morgan fingerprint density at radius 1 is 1.00 bits per heavy atom. The van der Waals surface area contributed by atoms with E-state index in [4.69, 9.17) is 4.84 Å². The zero-order chi connectivity index (χ0) is 20.6. The molecule has 0 aromatic rings. The normalized spacial score (nSPS) is 15.6. The molecule has 1 aliphatic heterocycles. The second kappa shape index (κ2) is 15.3. The van der Waals surface area contributed by atoms with Gasteiger partial charge in [-0.1, -0.05) is 64.0 Å². The molecular formula is C22H37NO5. The highest BCUT2D eigenvalue weighted by Gasteiger charge is 2.32. The molecule has 1 aliphatic rings. The number of carbonyl (C=O) groups is 3. The molecule has 1 rings (SSSR count). The number of hydrogen-bond donors (Lipinski definition) is 1. The van der Waals surface area contributed by atoms with Crippen LogP contribution in [0.4, 0.5) is 0 Å². The van der Waals surface area contributed by atoms with Crippen LogP contribution in [0.5, 0.6) is 0 Å². The zero-order valence-electron chi connectivity index (χ0n) is 17.4. The van der Waals surface area contributed by atoms with Crippen LogP contribution in [-0.4, -0.2) is 34.1 Å². The lowest BCUT2D eigenvalue weighted by Crippen LogP contribution is -2.31. The topological polar surface area (TPSA) is 83.9 Å². The molecule has 0 spiro atoms. The van der Waals surface area contributed by atoms with Gasteiger partial charge in [0.25, 0.3) is 11.8 Å². The molecule has 6 nitrogen and oxygen atoms in total. The van der Waals surface area contributed by atoms with Crippen molar-refractivity contribution in [3.8, 4) is 0 Å². The summed E-state index contributed by atoms with van der Waals surface area (Å²) in [6.45, 7) is 2.19. The van der Waals surface area contributed by atoms with Gasteiger partial charge < -0.3 is 9.94 Å². The molecule has 1 fully saturated rings. The van der Waals surface area contributed by atoms with Gasteiger partial charge in [-0.05, 0) is 32.1 Å². The van der Waals surface area contributed by atoms with Gasteiger partial charge in [-0.25, -0.2) is 4.79 Å². The molecule has 0 aliphatic carbocycles. The van der Waals surface area contributed by atoms with Crippen molar-refractivity contribution < 1.29 is 24.3 Å². The van der Waals surface area contributed by atoms with E-state index in [2.05, 4.69) is 19.1 Å². The van der Waals surface area contributed by atoms with Crippen LogP contribution in [0.2, 0.25) is 0 Å². The quantitative estimate of drug-likeness (QED) is 0.234. The number of allylic oxidation sites excluding steroid dienone is 1. The SMILES string of the molecule is CCCCCC[C@@H](O)C/C=C\CCCCCCCC(=O)ON1C(=O)CCC1=O. The standard InChI is InChI=1S/C22H37NO5/c1-2-3-4-11-14-19(24)15-12-9-7-5-6-8-10-13-16-22(27)28-23-20(25)17-18-21(23)26/h9,12,19,24H,2-8,10-11,13-18H2,1H3/b12-9-/t19-/m1/s1. The Kier molecular flexibility index (Phi) is 13.3. The van der Waals surface area contributed by atoms with E-state index in [0.717, 1.165) is 51.4 Å². The summed E-state index contributed by atoms with van der Waals surface area (Å²) in [5, 5.41) is 10.5. The summed E-state index contributed by atoms with van der Waals surface area (Å²) >= 11 is 0. The molecule has 0 radical (unpaired) electrons. The van der Waals surface area contributed by atoms with E-state index >= 15 is 0 Å². The van der Waals surface area contributed by atoms with Crippen molar-refractivity contribution in [2.75, 3.05) is 0 Å². The summed E-state index contributed by atoms with van der Waals surface area (Å²) in [5.41, 5.74) is 0. The van der Waals surface area contributed by atoms with Crippen molar-refractivity contribution in [3.05, 3.63) is 12.2 Å². The fourth-order valence-corrected chi connectivity index (χ4v) is 3.16. The van der Waals surface area contributed by atoms with E-state index in [1.165, 1.54) is 19.3 Å². The summed E-state index contributed by atoms with van der Waals surface area (Å²) in [6, 6.07) is 0. The Balaban J connectivity index is 1.91. The molecule has 0 bridgehead atoms. The van der Waals surface area contributed by atoms with Crippen LogP contribution in [0, 0.1) is 0 Å². The second-order valence-electron chi connectivity index (χ2n) is 7.56. The Bertz CT molecular complexity index is 487. The number of imide groups is 1. The van der Waals surface area contributed by atoms with Crippen LogP contribution in [-0.2, 0) is 19.2 Å². The van der Waals surface area contributed by atoms with Crippen LogP contribution < -0.4 is 0 Å². The van der Waals surface area contributed by atoms with Crippen molar-refractivity contribution in [1.82, 2.24) is 5.06 Å². The first-order chi connectivity index (χ1) is 13.5. The molecule has 1 saturated heterocycles. The molecule has 28 heavy (non-hydrogen) atoms. The van der Waals surface area contributed by atoms with E-state index in [1.807, 2.05) is 0 Å². The van der Waals surface area contributed by atoms with Gasteiger partial charge in [-0.3, -0.25) is 9.59 Å². The third-order valence-electron chi connectivity index (χ3n) is 4.92. The summed E-state index contributed by atoms with van der Waals surface area (Å²) in [4.78, 5) is 39.2. The number of rotatable bonds is 16. The third kappa shape index (κ3) is 11.2. The molecule has 6 heteroatoms. The lowest BCUT2D eigenvalue weighted by Gasteiger charge is -2.12. The molecule has 1 N–H and O–H groups in total. The number of aliphatic hydroxyl groups excluding tert-OH is 1. The minimum atomic E-state index is -0.514. The first-order valence-electron chi connectivity index (χ1n) is 10.9. The van der Waals surface area contributed by atoms with Gasteiger partial charge in [-0.15, -0.1) is 5.06 Å². The molecule has 0 aromatic heterocycles. The Labute approximate surface area is 169 Å². The average molecular weight is 396 g/mol. The molecule has 1 atom stereocenters. The van der Waals surface area contributed by atoms with E-state index < -0.39 is 17.8 Å². The third-order valence-corrected chi connectivity index (χ3v) is 4.92. The maximum atomic E-state index is 11.7. The maximum absolute atomic E-state index is 11.7. The number of aliphatic hydroxyl groups is 1. The first kappa shape index (κ1) is 24.3. The summed E-state index contributed by atoms with van der Waals surface area (Å²) in [5.74, 6) is -1.38. The van der Waals surface area contributed by atoms with Crippen LogP contribution in [0.1, 0.15) is 103 Å². The van der Waals surface area contributed by atoms with Crippen LogP contribution in [0.3, 0.4) is 0 Å². The zero-order valence-corrected chi connectivity index (χ0v) is 17.4. The van der Waals surface area contributed by atoms with Gasteiger partial charge in [0.15, 0.2) is 0 Å². The van der Waals surface area contributed by atoms with Crippen LogP contribution in [0.15, 0.2) is 12.2 Å². The fraction of sp³-hybridized carbons (Fsp3) is 0.773. The van der Waals surface area contributed by atoms with Crippen molar-refractivity contribution in [2.24, 2.45) is 0 Å². The highest BCUT2D eigenvalue weighted by molar-refractivity contribution is 6.01. The van der Waals surface area contributed by atoms with Gasteiger partial charge in [-0.2, -0.15) is 0 Å². The lowest BCUT2D eigenvalue weighted by molar-refractivity contribution is -0.197. The van der Waals surface area contributed by atoms with E-state index in [-0.39, 0.29) is 25.4 Å². The Morgan fingerprint density at radius 2 is 1.64 bits per heavy atom. The molecule has 0 unspecified atom stereocenters. The van der Waals surface area contributed by atoms with Gasteiger partial charge in [0.1, 0.15) is 0 Å². The van der Waals surface area contributed by atoms with E-state index in [0.29, 0.717) is 11.5 Å². The van der Waals surface area contributed by atoms with Crippen molar-refractivity contribution in [2.45, 2.75) is 109 Å². The molecule has 1 heterocycles. The summed E-state index contributed by atoms with van der Waals surface area (Å²) in [7, 11) is 0. The molecule has 0 aromatic carbocycles. The van der Waals surface area contributed by atoms with Crippen molar-refractivity contribution in [3.63, 3.8) is 0 Å². The van der Waals surface area contributed by atoms with Crippen LogP contribution >= 0.6 is 0 Å². The smallest absolute Gasteiger partial charge is 0.333 e. The molecule has 2 amide bonds. The largest absolute Gasteiger partial charge is 0.393 e. The molecular weight excluding hydrogens is 358 g/mol. The van der Waals surface area contributed by atoms with E-state index in [1.54, 1.807) is 0 Å². The monoisotopic (exact) mass is 395 g/mol. The van der Waals surface area contributed by atoms with E-state index in [9.17, 15) is 19.5 Å². The number of unbranched alkanes of at least 4 members (excludes halogenated alkanes) is 8. The predicted molar refractivity (Wildman–Crippen MR) is 108 cm³/mol. The number of nitrogens with zero attached hydrogens (tertiary/aromatic N) is 1. The van der Waals surface area contributed by atoms with Gasteiger partial charge in [0, 0.05) is 19.3 Å². The molecule has 160 valence electrons. The highest BCUT2D eigenvalue weighted by atomic mass is 16.7. The second-order valence-corrected chi connectivity index (χ2v) is 7.56. The first-order valence-corrected chi connectivity index (χ1v) is 10.9. The van der Waals surface area contributed by atoms with Gasteiger partial charge in [0.2, 0.25) is 0 Å². The fourth-order valence-electron chi connectivity index (χ4n) is 3.16. The minimum absolute atomic E-state index is 0.123. The summed E-state index contributed by atoms with van der Waals surface area (Å²) < 4.78 is 0. The van der Waals surface area contributed by atoms with Gasteiger partial charge >= 0.3 is 5.97 Å². The Morgan fingerprint density at radius 3 is 2.36 bits per heavy atom. The highest BCUT2D eigenvalue weighted by Crippen LogP contribution is 2.14. The number of carbonyl (C=O) groups excluding carboxylic acids is 3. The predicted octanol–water partition coefficient (Wildman–Crippen LogP) is 4.60. The molecule has 0 saturated carbocycles. The maximum Gasteiger partial charge on any atom is 0.333 e. The number of amides is 2.